The van der Waals surface area contributed by atoms with E-state index in [0.717, 1.165) is 22.5 Å². The molecule has 156 valence electrons. The van der Waals surface area contributed by atoms with Crippen molar-refractivity contribution in [3.8, 4) is 33.6 Å². The summed E-state index contributed by atoms with van der Waals surface area (Å²) in [5.41, 5.74) is 7.94. The molecule has 5 aromatic carbocycles. The van der Waals surface area contributed by atoms with E-state index in [1.165, 1.54) is 38.2 Å². The Kier molecular flexibility index (Phi) is 4.74. The molecule has 6 rings (SSSR count). The minimum absolute atomic E-state index is 0.993. The molecule has 0 N–H and O–H groups in total. The Balaban J connectivity index is 1.64. The number of hydrogen-bond acceptors (Lipinski definition) is 1. The topological polar surface area (TPSA) is 12.9 Å². The molecule has 0 aliphatic heterocycles. The molecule has 1 heteroatoms. The van der Waals surface area contributed by atoms with E-state index in [9.17, 15) is 0 Å². The lowest BCUT2D eigenvalue weighted by molar-refractivity contribution is 1.33. The number of benzene rings is 5. The monoisotopic (exact) mass is 421 g/mol. The molecule has 0 spiro atoms. The van der Waals surface area contributed by atoms with Gasteiger partial charge in [-0.25, -0.2) is 4.98 Å². The molecule has 0 bridgehead atoms. The van der Waals surface area contributed by atoms with Crippen molar-refractivity contribution in [1.29, 1.82) is 0 Å². The highest BCUT2D eigenvalue weighted by atomic mass is 14.7. The molecular weight excluding hydrogens is 398 g/mol. The van der Waals surface area contributed by atoms with Crippen molar-refractivity contribution < 1.29 is 0 Å². The van der Waals surface area contributed by atoms with Gasteiger partial charge in [0, 0.05) is 11.1 Å². The van der Waals surface area contributed by atoms with Crippen LogP contribution in [0.5, 0.6) is 0 Å². The molecular formula is C32H23N. The quantitative estimate of drug-likeness (QED) is 0.278. The summed E-state index contributed by atoms with van der Waals surface area (Å²) >= 11 is 0. The Bertz CT molecular complexity index is 1500. The molecule has 1 aromatic heterocycles. The van der Waals surface area contributed by atoms with Crippen LogP contribution in [0.3, 0.4) is 0 Å². The zero-order valence-electron chi connectivity index (χ0n) is 18.5. The van der Waals surface area contributed by atoms with Gasteiger partial charge < -0.3 is 0 Å². The minimum atomic E-state index is 0.993. The Labute approximate surface area is 194 Å². The Morgan fingerprint density at radius 2 is 0.939 bits per heavy atom. The summed E-state index contributed by atoms with van der Waals surface area (Å²) < 4.78 is 0. The van der Waals surface area contributed by atoms with Crippen LogP contribution in [0.1, 0.15) is 5.56 Å². The van der Waals surface area contributed by atoms with E-state index in [1.54, 1.807) is 0 Å². The van der Waals surface area contributed by atoms with E-state index in [2.05, 4.69) is 128 Å². The minimum Gasteiger partial charge on any atom is -0.248 e. The van der Waals surface area contributed by atoms with E-state index in [0.29, 0.717) is 0 Å². The third-order valence-electron chi connectivity index (χ3n) is 6.34. The van der Waals surface area contributed by atoms with Crippen molar-refractivity contribution in [2.45, 2.75) is 6.92 Å². The second kappa shape index (κ2) is 8.03. The van der Waals surface area contributed by atoms with Crippen LogP contribution < -0.4 is 0 Å². The van der Waals surface area contributed by atoms with E-state index in [1.807, 2.05) is 0 Å². The first-order valence-electron chi connectivity index (χ1n) is 11.3. The van der Waals surface area contributed by atoms with Gasteiger partial charge in [-0.2, -0.15) is 0 Å². The van der Waals surface area contributed by atoms with Gasteiger partial charge in [-0.3, -0.25) is 0 Å². The molecule has 0 saturated carbocycles. The fourth-order valence-corrected chi connectivity index (χ4v) is 4.62. The number of aryl methyl sites for hydroxylation is 1. The van der Waals surface area contributed by atoms with E-state index >= 15 is 0 Å². The van der Waals surface area contributed by atoms with Crippen molar-refractivity contribution >= 4 is 21.5 Å². The first kappa shape index (κ1) is 19.5. The maximum Gasteiger partial charge on any atom is 0.0721 e. The summed E-state index contributed by atoms with van der Waals surface area (Å²) in [6, 6.07) is 43.2. The van der Waals surface area contributed by atoms with E-state index in [4.69, 9.17) is 4.98 Å². The largest absolute Gasteiger partial charge is 0.248 e. The molecule has 0 saturated heterocycles. The maximum atomic E-state index is 5.22. The SMILES string of the molecule is Cc1ccc(-c2cc(-c3cccc4ccccc34)nc(-c3cccc4ccccc34)c2)cc1. The van der Waals surface area contributed by atoms with Gasteiger partial charge in [-0.15, -0.1) is 0 Å². The molecule has 0 atom stereocenters. The Morgan fingerprint density at radius 3 is 1.48 bits per heavy atom. The van der Waals surface area contributed by atoms with E-state index < -0.39 is 0 Å². The Hall–Kier alpha value is -4.23. The summed E-state index contributed by atoms with van der Waals surface area (Å²) in [6.07, 6.45) is 0. The summed E-state index contributed by atoms with van der Waals surface area (Å²) in [6.45, 7) is 2.12. The molecule has 0 unspecified atom stereocenters. The molecule has 0 radical (unpaired) electrons. The second-order valence-electron chi connectivity index (χ2n) is 8.55. The average molecular weight is 422 g/mol. The van der Waals surface area contributed by atoms with Crippen molar-refractivity contribution in [3.05, 3.63) is 127 Å². The van der Waals surface area contributed by atoms with Gasteiger partial charge in [-0.05, 0) is 51.7 Å². The predicted octanol–water partition coefficient (Wildman–Crippen LogP) is 8.70. The lowest BCUT2D eigenvalue weighted by Gasteiger charge is -2.13. The summed E-state index contributed by atoms with van der Waals surface area (Å²) in [7, 11) is 0. The highest BCUT2D eigenvalue weighted by Gasteiger charge is 2.12. The van der Waals surface area contributed by atoms with Gasteiger partial charge in [0.25, 0.3) is 0 Å². The predicted molar refractivity (Wildman–Crippen MR) is 140 cm³/mol. The smallest absolute Gasteiger partial charge is 0.0721 e. The van der Waals surface area contributed by atoms with Crippen LogP contribution in [-0.4, -0.2) is 4.98 Å². The van der Waals surface area contributed by atoms with Crippen molar-refractivity contribution in [1.82, 2.24) is 4.98 Å². The van der Waals surface area contributed by atoms with E-state index in [-0.39, 0.29) is 0 Å². The standard InChI is InChI=1S/C32H23N/c1-22-16-18-23(19-17-22)26-20-31(29-14-6-10-24-8-2-4-12-27(24)29)33-32(21-26)30-15-7-11-25-9-3-5-13-28(25)30/h2-21H,1H3. The van der Waals surface area contributed by atoms with Crippen molar-refractivity contribution in [2.24, 2.45) is 0 Å². The first-order chi connectivity index (χ1) is 16.3. The van der Waals surface area contributed by atoms with Gasteiger partial charge in [0.2, 0.25) is 0 Å². The molecule has 0 amide bonds. The Morgan fingerprint density at radius 1 is 0.455 bits per heavy atom. The lowest BCUT2D eigenvalue weighted by Crippen LogP contribution is -1.93. The van der Waals surface area contributed by atoms with Crippen LogP contribution in [0.15, 0.2) is 121 Å². The van der Waals surface area contributed by atoms with Gasteiger partial charge in [-0.1, -0.05) is 115 Å². The average Bonchev–Trinajstić information content (AvgIpc) is 2.88. The lowest BCUT2D eigenvalue weighted by atomic mass is 9.95. The van der Waals surface area contributed by atoms with Gasteiger partial charge in [0.1, 0.15) is 0 Å². The molecule has 0 fully saturated rings. The second-order valence-corrected chi connectivity index (χ2v) is 8.55. The summed E-state index contributed by atoms with van der Waals surface area (Å²) in [5.74, 6) is 0. The highest BCUT2D eigenvalue weighted by Crippen LogP contribution is 2.35. The van der Waals surface area contributed by atoms with Gasteiger partial charge in [0.15, 0.2) is 0 Å². The number of pyridine rings is 1. The number of fused-ring (bicyclic) bond motifs is 2. The fraction of sp³-hybridized carbons (Fsp3) is 0.0312. The number of nitrogens with zero attached hydrogens (tertiary/aromatic N) is 1. The van der Waals surface area contributed by atoms with Crippen LogP contribution in [-0.2, 0) is 0 Å². The van der Waals surface area contributed by atoms with Crippen LogP contribution in [0, 0.1) is 6.92 Å². The summed E-state index contributed by atoms with van der Waals surface area (Å²) in [5, 5.41) is 4.89. The number of hydrogen-bond donors (Lipinski definition) is 0. The number of aromatic nitrogens is 1. The fourth-order valence-electron chi connectivity index (χ4n) is 4.62. The maximum absolute atomic E-state index is 5.22. The first-order valence-corrected chi connectivity index (χ1v) is 11.3. The van der Waals surface area contributed by atoms with Crippen LogP contribution >= 0.6 is 0 Å². The third-order valence-corrected chi connectivity index (χ3v) is 6.34. The molecule has 0 aliphatic rings. The molecule has 1 nitrogen and oxygen atoms in total. The van der Waals surface area contributed by atoms with Crippen molar-refractivity contribution in [3.63, 3.8) is 0 Å². The molecule has 33 heavy (non-hydrogen) atoms. The third kappa shape index (κ3) is 3.58. The van der Waals surface area contributed by atoms with Gasteiger partial charge in [0.05, 0.1) is 11.4 Å². The zero-order valence-corrected chi connectivity index (χ0v) is 18.5. The van der Waals surface area contributed by atoms with Gasteiger partial charge >= 0.3 is 0 Å². The summed E-state index contributed by atoms with van der Waals surface area (Å²) in [4.78, 5) is 5.22. The molecule has 0 aliphatic carbocycles. The van der Waals surface area contributed by atoms with Crippen LogP contribution in [0.25, 0.3) is 55.2 Å². The van der Waals surface area contributed by atoms with Crippen LogP contribution in [0.4, 0.5) is 0 Å². The zero-order chi connectivity index (χ0) is 22.2. The molecule has 1 heterocycles. The normalized spacial score (nSPS) is 11.2. The highest BCUT2D eigenvalue weighted by molar-refractivity contribution is 5.99. The van der Waals surface area contributed by atoms with Crippen molar-refractivity contribution in [2.75, 3.05) is 0 Å². The number of rotatable bonds is 3. The molecule has 6 aromatic rings. The van der Waals surface area contributed by atoms with Crippen LogP contribution in [0.2, 0.25) is 0 Å².